The number of ether oxygens (including phenoxy) is 1. The van der Waals surface area contributed by atoms with Gasteiger partial charge < -0.3 is 9.64 Å². The van der Waals surface area contributed by atoms with E-state index < -0.39 is 0 Å². The van der Waals surface area contributed by atoms with Crippen LogP contribution in [-0.4, -0.2) is 41.6 Å². The highest BCUT2D eigenvalue weighted by Gasteiger charge is 2.25. The summed E-state index contributed by atoms with van der Waals surface area (Å²) in [5.74, 6) is -0.326. The number of aromatic nitrogens is 1. The number of hydrogen-bond donors (Lipinski definition) is 0. The quantitative estimate of drug-likeness (QED) is 0.873. The van der Waals surface area contributed by atoms with Gasteiger partial charge in [-0.3, -0.25) is 9.78 Å². The molecule has 22 heavy (non-hydrogen) atoms. The lowest BCUT2D eigenvalue weighted by Crippen LogP contribution is -2.46. The number of hydrogen-bond acceptors (Lipinski definition) is 3. The van der Waals surface area contributed by atoms with Gasteiger partial charge in [-0.05, 0) is 29.8 Å². The van der Waals surface area contributed by atoms with Crippen molar-refractivity contribution in [3.8, 4) is 0 Å². The fourth-order valence-electron chi connectivity index (χ4n) is 2.56. The third-order valence-corrected chi connectivity index (χ3v) is 3.69. The van der Waals surface area contributed by atoms with Crippen LogP contribution in [0.2, 0.25) is 0 Å². The van der Waals surface area contributed by atoms with E-state index in [1.165, 1.54) is 12.1 Å². The second-order valence-corrected chi connectivity index (χ2v) is 5.29. The SMILES string of the molecule is O=C(c1ccccn1)N1CCO[C@@H](Cc2ccc(F)cc2)C1. The number of amides is 1. The molecule has 1 fully saturated rings. The Labute approximate surface area is 128 Å². The Morgan fingerprint density at radius 3 is 2.82 bits per heavy atom. The summed E-state index contributed by atoms with van der Waals surface area (Å²) >= 11 is 0. The molecule has 1 atom stereocenters. The number of pyridine rings is 1. The highest BCUT2D eigenvalue weighted by atomic mass is 19.1. The Hall–Kier alpha value is -2.27. The predicted octanol–water partition coefficient (Wildman–Crippen LogP) is 2.30. The van der Waals surface area contributed by atoms with Gasteiger partial charge in [0.2, 0.25) is 0 Å². The summed E-state index contributed by atoms with van der Waals surface area (Å²) in [5.41, 5.74) is 1.45. The minimum absolute atomic E-state index is 0.0759. The number of benzene rings is 1. The van der Waals surface area contributed by atoms with E-state index in [9.17, 15) is 9.18 Å². The van der Waals surface area contributed by atoms with Gasteiger partial charge in [0.05, 0.1) is 12.7 Å². The van der Waals surface area contributed by atoms with Gasteiger partial charge >= 0.3 is 0 Å². The average Bonchev–Trinajstić information content (AvgIpc) is 2.57. The lowest BCUT2D eigenvalue weighted by Gasteiger charge is -2.32. The largest absolute Gasteiger partial charge is 0.374 e. The first-order valence-corrected chi connectivity index (χ1v) is 7.29. The van der Waals surface area contributed by atoms with Crippen molar-refractivity contribution >= 4 is 5.91 Å². The van der Waals surface area contributed by atoms with Gasteiger partial charge in [-0.15, -0.1) is 0 Å². The maximum Gasteiger partial charge on any atom is 0.272 e. The van der Waals surface area contributed by atoms with Gasteiger partial charge in [0.1, 0.15) is 11.5 Å². The molecule has 0 aliphatic carbocycles. The highest BCUT2D eigenvalue weighted by molar-refractivity contribution is 5.92. The zero-order chi connectivity index (χ0) is 15.4. The van der Waals surface area contributed by atoms with Gasteiger partial charge in [0.25, 0.3) is 5.91 Å². The zero-order valence-corrected chi connectivity index (χ0v) is 12.1. The van der Waals surface area contributed by atoms with Crippen LogP contribution in [0, 0.1) is 5.82 Å². The van der Waals surface area contributed by atoms with Gasteiger partial charge in [-0.25, -0.2) is 4.39 Å². The third-order valence-electron chi connectivity index (χ3n) is 3.69. The van der Waals surface area contributed by atoms with Crippen molar-refractivity contribution in [3.05, 3.63) is 65.7 Å². The summed E-state index contributed by atoms with van der Waals surface area (Å²) in [6.45, 7) is 1.59. The number of carbonyl (C=O) groups excluding carboxylic acids is 1. The van der Waals surface area contributed by atoms with Crippen LogP contribution in [0.25, 0.3) is 0 Å². The zero-order valence-electron chi connectivity index (χ0n) is 12.1. The first kappa shape index (κ1) is 14.7. The van der Waals surface area contributed by atoms with Crippen LogP contribution in [-0.2, 0) is 11.2 Å². The molecule has 1 saturated heterocycles. The smallest absolute Gasteiger partial charge is 0.272 e. The number of morpholine rings is 1. The maximum atomic E-state index is 12.9. The molecule has 0 radical (unpaired) electrons. The molecule has 1 aromatic carbocycles. The monoisotopic (exact) mass is 300 g/mol. The molecule has 0 saturated carbocycles. The molecule has 0 unspecified atom stereocenters. The maximum absolute atomic E-state index is 12.9. The minimum Gasteiger partial charge on any atom is -0.374 e. The van der Waals surface area contributed by atoms with E-state index in [1.807, 2.05) is 0 Å². The van der Waals surface area contributed by atoms with Gasteiger partial charge in [-0.2, -0.15) is 0 Å². The Morgan fingerprint density at radius 2 is 2.09 bits per heavy atom. The van der Waals surface area contributed by atoms with E-state index >= 15 is 0 Å². The van der Waals surface area contributed by atoms with E-state index in [2.05, 4.69) is 4.98 Å². The highest BCUT2D eigenvalue weighted by Crippen LogP contribution is 2.14. The molecule has 1 aliphatic heterocycles. The fraction of sp³-hybridized carbons (Fsp3) is 0.294. The molecule has 1 aliphatic rings. The lowest BCUT2D eigenvalue weighted by atomic mass is 10.1. The van der Waals surface area contributed by atoms with E-state index in [4.69, 9.17) is 4.74 Å². The van der Waals surface area contributed by atoms with Crippen molar-refractivity contribution in [2.24, 2.45) is 0 Å². The molecule has 5 heteroatoms. The van der Waals surface area contributed by atoms with E-state index in [1.54, 1.807) is 41.4 Å². The van der Waals surface area contributed by atoms with Crippen LogP contribution < -0.4 is 0 Å². The van der Waals surface area contributed by atoms with Crippen molar-refractivity contribution in [1.29, 1.82) is 0 Å². The molecule has 1 amide bonds. The number of nitrogens with zero attached hydrogens (tertiary/aromatic N) is 2. The summed E-state index contributed by atoms with van der Waals surface area (Å²) in [5, 5.41) is 0. The standard InChI is InChI=1S/C17H17FN2O2/c18-14-6-4-13(5-7-14)11-15-12-20(9-10-22-15)17(21)16-3-1-2-8-19-16/h1-8,15H,9-12H2/t15-/m0/s1. The Balaban J connectivity index is 1.64. The number of halogens is 1. The first-order chi connectivity index (χ1) is 10.7. The van der Waals surface area contributed by atoms with E-state index in [0.717, 1.165) is 5.56 Å². The normalized spacial score (nSPS) is 18.2. The van der Waals surface area contributed by atoms with E-state index in [-0.39, 0.29) is 17.8 Å². The fourth-order valence-corrected chi connectivity index (χ4v) is 2.56. The van der Waals surface area contributed by atoms with Crippen molar-refractivity contribution in [2.45, 2.75) is 12.5 Å². The Bertz CT molecular complexity index is 631. The molecule has 2 aromatic rings. The molecule has 0 N–H and O–H groups in total. The summed E-state index contributed by atoms with van der Waals surface area (Å²) < 4.78 is 18.7. The summed E-state index contributed by atoms with van der Waals surface area (Å²) in [6.07, 6.45) is 2.20. The van der Waals surface area contributed by atoms with Crippen molar-refractivity contribution in [1.82, 2.24) is 9.88 Å². The Morgan fingerprint density at radius 1 is 1.27 bits per heavy atom. The summed E-state index contributed by atoms with van der Waals surface area (Å²) in [6, 6.07) is 11.7. The summed E-state index contributed by atoms with van der Waals surface area (Å²) in [7, 11) is 0. The second kappa shape index (κ2) is 6.66. The lowest BCUT2D eigenvalue weighted by molar-refractivity contribution is -0.0210. The van der Waals surface area contributed by atoms with Crippen LogP contribution in [0.15, 0.2) is 48.7 Å². The molecule has 0 bridgehead atoms. The number of rotatable bonds is 3. The van der Waals surface area contributed by atoms with Crippen LogP contribution in [0.4, 0.5) is 4.39 Å². The van der Waals surface area contributed by atoms with Gasteiger partial charge in [0, 0.05) is 25.7 Å². The van der Waals surface area contributed by atoms with Gasteiger partial charge in [-0.1, -0.05) is 18.2 Å². The molecule has 1 aromatic heterocycles. The van der Waals surface area contributed by atoms with Crippen LogP contribution in [0.5, 0.6) is 0 Å². The minimum atomic E-state index is -0.250. The van der Waals surface area contributed by atoms with Crippen molar-refractivity contribution in [2.75, 3.05) is 19.7 Å². The third kappa shape index (κ3) is 3.49. The Kier molecular flexibility index (Phi) is 4.44. The molecule has 2 heterocycles. The molecule has 3 rings (SSSR count). The van der Waals surface area contributed by atoms with Crippen LogP contribution in [0.1, 0.15) is 16.1 Å². The van der Waals surface area contributed by atoms with Crippen LogP contribution in [0.3, 0.4) is 0 Å². The molecule has 114 valence electrons. The molecular weight excluding hydrogens is 283 g/mol. The molecule has 4 nitrogen and oxygen atoms in total. The van der Waals surface area contributed by atoms with Gasteiger partial charge in [0.15, 0.2) is 0 Å². The second-order valence-electron chi connectivity index (χ2n) is 5.29. The van der Waals surface area contributed by atoms with Crippen molar-refractivity contribution in [3.63, 3.8) is 0 Å². The molecular formula is C17H17FN2O2. The predicted molar refractivity (Wildman–Crippen MR) is 80.0 cm³/mol. The number of carbonyl (C=O) groups is 1. The molecule has 0 spiro atoms. The first-order valence-electron chi connectivity index (χ1n) is 7.29. The van der Waals surface area contributed by atoms with E-state index in [0.29, 0.717) is 31.8 Å². The van der Waals surface area contributed by atoms with Crippen LogP contribution >= 0.6 is 0 Å². The average molecular weight is 300 g/mol. The topological polar surface area (TPSA) is 42.4 Å². The van der Waals surface area contributed by atoms with Crippen molar-refractivity contribution < 1.29 is 13.9 Å². The summed E-state index contributed by atoms with van der Waals surface area (Å²) in [4.78, 5) is 18.3.